The van der Waals surface area contributed by atoms with Crippen molar-refractivity contribution < 1.29 is 14.3 Å². The molecular formula is C16H23N3O3. The highest BCUT2D eigenvalue weighted by Gasteiger charge is 2.41. The quantitative estimate of drug-likeness (QED) is 0.835. The van der Waals surface area contributed by atoms with Crippen LogP contribution in [0, 0.1) is 0 Å². The number of aromatic nitrogens is 1. The monoisotopic (exact) mass is 305 g/mol. The second-order valence-electron chi connectivity index (χ2n) is 6.21. The number of carbonyl (C=O) groups is 1. The standard InChI is InChI=1S/C16H23N3O3/c1-11(2)22-14-8-17-5-4-12(14)16(20)19-9-13-15(10-19)21-7-6-18(13)3/h4-5,8,11,13,15H,6-7,9-10H2,1-3H3/t13-,15+/m0/s1. The van der Waals surface area contributed by atoms with Gasteiger partial charge in [-0.15, -0.1) is 0 Å². The summed E-state index contributed by atoms with van der Waals surface area (Å²) in [5, 5.41) is 0. The zero-order chi connectivity index (χ0) is 15.7. The number of nitrogens with zero attached hydrogens (tertiary/aromatic N) is 3. The van der Waals surface area contributed by atoms with Crippen molar-refractivity contribution >= 4 is 5.91 Å². The molecule has 2 atom stereocenters. The molecule has 3 heterocycles. The normalized spacial score (nSPS) is 25.4. The molecule has 1 amide bonds. The van der Waals surface area contributed by atoms with Gasteiger partial charge in [-0.05, 0) is 27.0 Å². The van der Waals surface area contributed by atoms with Gasteiger partial charge in [0.25, 0.3) is 5.91 Å². The third kappa shape index (κ3) is 2.94. The van der Waals surface area contributed by atoms with Crippen LogP contribution >= 0.6 is 0 Å². The molecule has 120 valence electrons. The lowest BCUT2D eigenvalue weighted by Gasteiger charge is -2.33. The Morgan fingerprint density at radius 2 is 2.27 bits per heavy atom. The number of fused-ring (bicyclic) bond motifs is 1. The van der Waals surface area contributed by atoms with Crippen LogP contribution < -0.4 is 4.74 Å². The Hall–Kier alpha value is -1.66. The van der Waals surface area contributed by atoms with Gasteiger partial charge in [-0.2, -0.15) is 0 Å². The van der Waals surface area contributed by atoms with Crippen LogP contribution in [-0.2, 0) is 4.74 Å². The highest BCUT2D eigenvalue weighted by atomic mass is 16.5. The first kappa shape index (κ1) is 15.2. The van der Waals surface area contributed by atoms with Gasteiger partial charge in [0, 0.05) is 25.8 Å². The fourth-order valence-corrected chi connectivity index (χ4v) is 3.10. The van der Waals surface area contributed by atoms with Crippen molar-refractivity contribution in [2.24, 2.45) is 0 Å². The summed E-state index contributed by atoms with van der Waals surface area (Å²) in [6.07, 6.45) is 3.36. The molecule has 0 unspecified atom stereocenters. The van der Waals surface area contributed by atoms with Gasteiger partial charge in [0.05, 0.1) is 36.6 Å². The van der Waals surface area contributed by atoms with E-state index in [1.165, 1.54) is 0 Å². The van der Waals surface area contributed by atoms with Gasteiger partial charge in [0.2, 0.25) is 0 Å². The summed E-state index contributed by atoms with van der Waals surface area (Å²) in [6.45, 7) is 6.86. The summed E-state index contributed by atoms with van der Waals surface area (Å²) in [7, 11) is 2.09. The molecule has 6 heteroatoms. The van der Waals surface area contributed by atoms with Crippen LogP contribution in [0.2, 0.25) is 0 Å². The van der Waals surface area contributed by atoms with E-state index in [2.05, 4.69) is 16.9 Å². The van der Waals surface area contributed by atoms with E-state index in [1.54, 1.807) is 18.5 Å². The number of likely N-dealkylation sites (tertiary alicyclic amines) is 1. The second kappa shape index (κ2) is 6.22. The van der Waals surface area contributed by atoms with Gasteiger partial charge >= 0.3 is 0 Å². The molecule has 0 spiro atoms. The summed E-state index contributed by atoms with van der Waals surface area (Å²) in [5.74, 6) is 0.538. The van der Waals surface area contributed by atoms with Crippen molar-refractivity contribution in [2.75, 3.05) is 33.3 Å². The Kier molecular flexibility index (Phi) is 4.31. The van der Waals surface area contributed by atoms with E-state index >= 15 is 0 Å². The zero-order valence-electron chi connectivity index (χ0n) is 13.4. The molecule has 0 aromatic carbocycles. The molecule has 2 aliphatic heterocycles. The Morgan fingerprint density at radius 1 is 1.45 bits per heavy atom. The molecule has 0 saturated carbocycles. The molecule has 0 bridgehead atoms. The largest absolute Gasteiger partial charge is 0.489 e. The zero-order valence-corrected chi connectivity index (χ0v) is 13.4. The van der Waals surface area contributed by atoms with Crippen LogP contribution in [0.25, 0.3) is 0 Å². The van der Waals surface area contributed by atoms with Crippen LogP contribution in [0.3, 0.4) is 0 Å². The van der Waals surface area contributed by atoms with E-state index in [0.717, 1.165) is 13.2 Å². The van der Waals surface area contributed by atoms with E-state index in [9.17, 15) is 4.79 Å². The Morgan fingerprint density at radius 3 is 3.00 bits per heavy atom. The fourth-order valence-electron chi connectivity index (χ4n) is 3.10. The first-order valence-electron chi connectivity index (χ1n) is 7.78. The summed E-state index contributed by atoms with van der Waals surface area (Å²) >= 11 is 0. The minimum atomic E-state index is -0.00977. The second-order valence-corrected chi connectivity index (χ2v) is 6.21. The SMILES string of the molecule is CC(C)Oc1cnccc1C(=O)N1C[C@H]2OCCN(C)[C@H]2C1. The number of hydrogen-bond acceptors (Lipinski definition) is 5. The third-order valence-electron chi connectivity index (χ3n) is 4.24. The maximum absolute atomic E-state index is 12.8. The third-order valence-corrected chi connectivity index (χ3v) is 4.24. The molecule has 2 fully saturated rings. The summed E-state index contributed by atoms with van der Waals surface area (Å²) in [4.78, 5) is 21.0. The number of rotatable bonds is 3. The van der Waals surface area contributed by atoms with Crippen molar-refractivity contribution in [3.63, 3.8) is 0 Å². The number of carbonyl (C=O) groups excluding carboxylic acids is 1. The molecular weight excluding hydrogens is 282 g/mol. The molecule has 0 aliphatic carbocycles. The fraction of sp³-hybridized carbons (Fsp3) is 0.625. The van der Waals surface area contributed by atoms with E-state index in [1.807, 2.05) is 18.7 Å². The average Bonchev–Trinajstić information content (AvgIpc) is 2.92. The first-order chi connectivity index (χ1) is 10.6. The number of hydrogen-bond donors (Lipinski definition) is 0. The van der Waals surface area contributed by atoms with Crippen molar-refractivity contribution in [2.45, 2.75) is 32.1 Å². The van der Waals surface area contributed by atoms with Crippen molar-refractivity contribution in [3.8, 4) is 5.75 Å². The van der Waals surface area contributed by atoms with Crippen molar-refractivity contribution in [1.82, 2.24) is 14.8 Å². The highest BCUT2D eigenvalue weighted by molar-refractivity contribution is 5.97. The van der Waals surface area contributed by atoms with Crippen molar-refractivity contribution in [3.05, 3.63) is 24.0 Å². The highest BCUT2D eigenvalue weighted by Crippen LogP contribution is 2.26. The Balaban J connectivity index is 1.77. The van der Waals surface area contributed by atoms with E-state index in [0.29, 0.717) is 24.4 Å². The number of amides is 1. The molecule has 22 heavy (non-hydrogen) atoms. The molecule has 0 N–H and O–H groups in total. The summed E-state index contributed by atoms with van der Waals surface area (Å²) in [6, 6.07) is 2.01. The summed E-state index contributed by atoms with van der Waals surface area (Å²) in [5.41, 5.74) is 0.574. The molecule has 2 saturated heterocycles. The van der Waals surface area contributed by atoms with Gasteiger partial charge in [-0.25, -0.2) is 0 Å². The van der Waals surface area contributed by atoms with Crippen LogP contribution in [0.1, 0.15) is 24.2 Å². The molecule has 1 aromatic rings. The van der Waals surface area contributed by atoms with Gasteiger partial charge in [0.15, 0.2) is 5.75 Å². The number of pyridine rings is 1. The first-order valence-corrected chi connectivity index (χ1v) is 7.78. The molecule has 1 aromatic heterocycles. The van der Waals surface area contributed by atoms with E-state index in [-0.39, 0.29) is 24.2 Å². The molecule has 2 aliphatic rings. The van der Waals surface area contributed by atoms with Crippen LogP contribution in [0.15, 0.2) is 18.5 Å². The predicted octanol–water partition coefficient (Wildman–Crippen LogP) is 1.02. The lowest BCUT2D eigenvalue weighted by atomic mass is 10.1. The molecule has 3 rings (SSSR count). The molecule has 6 nitrogen and oxygen atoms in total. The summed E-state index contributed by atoms with van der Waals surface area (Å²) < 4.78 is 11.5. The lowest BCUT2D eigenvalue weighted by Crippen LogP contribution is -2.48. The van der Waals surface area contributed by atoms with Crippen molar-refractivity contribution in [1.29, 1.82) is 0 Å². The maximum Gasteiger partial charge on any atom is 0.257 e. The lowest BCUT2D eigenvalue weighted by molar-refractivity contribution is -0.0368. The van der Waals surface area contributed by atoms with Crippen LogP contribution in [0.5, 0.6) is 5.75 Å². The topological polar surface area (TPSA) is 54.9 Å². The van der Waals surface area contributed by atoms with E-state index < -0.39 is 0 Å². The Bertz CT molecular complexity index is 549. The minimum absolute atomic E-state index is 0.00590. The van der Waals surface area contributed by atoms with Crippen LogP contribution in [0.4, 0.5) is 0 Å². The predicted molar refractivity (Wildman–Crippen MR) is 82.1 cm³/mol. The van der Waals surface area contributed by atoms with Gasteiger partial charge < -0.3 is 14.4 Å². The Labute approximate surface area is 131 Å². The number of morpholine rings is 1. The average molecular weight is 305 g/mol. The number of likely N-dealkylation sites (N-methyl/N-ethyl adjacent to an activating group) is 1. The minimum Gasteiger partial charge on any atom is -0.489 e. The number of ether oxygens (including phenoxy) is 2. The van der Waals surface area contributed by atoms with Gasteiger partial charge in [0.1, 0.15) is 0 Å². The smallest absolute Gasteiger partial charge is 0.257 e. The maximum atomic E-state index is 12.8. The van der Waals surface area contributed by atoms with Gasteiger partial charge in [-0.1, -0.05) is 0 Å². The molecule has 0 radical (unpaired) electrons. The van der Waals surface area contributed by atoms with Crippen LogP contribution in [-0.4, -0.2) is 72.2 Å². The van der Waals surface area contributed by atoms with E-state index in [4.69, 9.17) is 9.47 Å². The van der Waals surface area contributed by atoms with Gasteiger partial charge in [-0.3, -0.25) is 14.7 Å².